The summed E-state index contributed by atoms with van der Waals surface area (Å²) in [7, 11) is -2.75. The molecule has 0 radical (unpaired) electrons. The maximum Gasteiger partial charge on any atom is 0.179 e. The zero-order chi connectivity index (χ0) is 45.7. The molecule has 6 heteroatoms. The highest BCUT2D eigenvalue weighted by molar-refractivity contribution is 7.25. The van der Waals surface area contributed by atoms with Crippen LogP contribution in [0.3, 0.4) is 0 Å². The van der Waals surface area contributed by atoms with E-state index in [0.717, 1.165) is 44.5 Å². The van der Waals surface area contributed by atoms with Gasteiger partial charge in [-0.05, 0) is 74.3 Å². The van der Waals surface area contributed by atoms with Crippen LogP contribution in [0.4, 0.5) is 0 Å². The van der Waals surface area contributed by atoms with Crippen LogP contribution in [0.15, 0.2) is 255 Å². The van der Waals surface area contributed by atoms with Crippen LogP contribution in [0.5, 0.6) is 0 Å². The van der Waals surface area contributed by atoms with Gasteiger partial charge >= 0.3 is 0 Å². The molecular weight excluding hydrogens is 873 g/mol. The smallest absolute Gasteiger partial charge is 0.179 e. The van der Waals surface area contributed by atoms with Crippen LogP contribution >= 0.6 is 11.3 Å². The van der Waals surface area contributed by atoms with Gasteiger partial charge in [0.05, 0.1) is 11.0 Å². The summed E-state index contributed by atoms with van der Waals surface area (Å²) in [4.78, 5) is 16.1. The van der Waals surface area contributed by atoms with Gasteiger partial charge in [0.15, 0.2) is 25.5 Å². The van der Waals surface area contributed by atoms with Gasteiger partial charge < -0.3 is 4.57 Å². The zero-order valence-corrected chi connectivity index (χ0v) is 39.3. The Balaban J connectivity index is 1.00. The third-order valence-electron chi connectivity index (χ3n) is 13.6. The highest BCUT2D eigenvalue weighted by Gasteiger charge is 2.41. The summed E-state index contributed by atoms with van der Waals surface area (Å²) in [5.41, 5.74) is 8.30. The fraction of sp³-hybridized carbons (Fsp3) is 0. The molecule has 0 atom stereocenters. The second-order valence-corrected chi connectivity index (χ2v) is 22.4. The van der Waals surface area contributed by atoms with Gasteiger partial charge in [0.2, 0.25) is 0 Å². The molecule has 3 aromatic heterocycles. The maximum atomic E-state index is 5.39. The predicted molar refractivity (Wildman–Crippen MR) is 292 cm³/mol. The van der Waals surface area contributed by atoms with E-state index >= 15 is 0 Å². The van der Waals surface area contributed by atoms with Crippen LogP contribution < -0.4 is 20.7 Å². The van der Waals surface area contributed by atoms with E-state index in [0.29, 0.717) is 17.5 Å². The largest absolute Gasteiger partial charge is 0.309 e. The molecule has 0 N–H and O–H groups in total. The van der Waals surface area contributed by atoms with E-state index in [2.05, 4.69) is 259 Å². The topological polar surface area (TPSA) is 43.6 Å². The first-order valence-corrected chi connectivity index (χ1v) is 26.2. The van der Waals surface area contributed by atoms with Gasteiger partial charge in [-0.3, -0.25) is 0 Å². The van der Waals surface area contributed by atoms with Crippen molar-refractivity contribution in [1.29, 1.82) is 0 Å². The van der Waals surface area contributed by atoms with E-state index in [1.54, 1.807) is 0 Å². The predicted octanol–water partition coefficient (Wildman–Crippen LogP) is 13.4. The normalized spacial score (nSPS) is 11.8. The Morgan fingerprint density at radius 1 is 0.304 bits per heavy atom. The van der Waals surface area contributed by atoms with Crippen LogP contribution in [-0.4, -0.2) is 27.6 Å². The van der Waals surface area contributed by atoms with E-state index in [4.69, 9.17) is 15.0 Å². The van der Waals surface area contributed by atoms with Crippen molar-refractivity contribution in [1.82, 2.24) is 19.5 Å². The molecule has 4 nitrogen and oxygen atoms in total. The van der Waals surface area contributed by atoms with Crippen molar-refractivity contribution in [3.63, 3.8) is 0 Å². The minimum Gasteiger partial charge on any atom is -0.309 e. The van der Waals surface area contributed by atoms with Gasteiger partial charge in [-0.25, -0.2) is 15.0 Å². The molecule has 69 heavy (non-hydrogen) atoms. The number of rotatable bonds is 9. The summed E-state index contributed by atoms with van der Waals surface area (Å²) >= 11 is 1.83. The summed E-state index contributed by atoms with van der Waals surface area (Å²) in [5.74, 6) is 1.84. The van der Waals surface area contributed by atoms with E-state index in [-0.39, 0.29) is 0 Å². The quantitative estimate of drug-likeness (QED) is 0.107. The van der Waals surface area contributed by atoms with Gasteiger partial charge in [0, 0.05) is 53.3 Å². The van der Waals surface area contributed by atoms with Crippen molar-refractivity contribution in [2.75, 3.05) is 0 Å². The van der Waals surface area contributed by atoms with Crippen molar-refractivity contribution < 1.29 is 0 Å². The van der Waals surface area contributed by atoms with Gasteiger partial charge in [-0.2, -0.15) is 0 Å². The Morgan fingerprint density at radius 2 is 0.783 bits per heavy atom. The van der Waals surface area contributed by atoms with E-state index in [9.17, 15) is 0 Å². The number of benzene rings is 10. The molecule has 0 saturated heterocycles. The van der Waals surface area contributed by atoms with Crippen molar-refractivity contribution in [3.8, 4) is 51.0 Å². The summed E-state index contributed by atoms with van der Waals surface area (Å²) < 4.78 is 4.90. The SMILES string of the molecule is c1ccc([Si](c2ccccc2)(c2ccccc2)c2ccc(-c3nc(-c4cccc(-n5c6ccccc6c6ccccc65)c4)nc(-c4ccccc4-c4ccc5sc6ccccc6c5c4)n3)cc2)cc1. The molecule has 0 spiro atoms. The molecule has 13 aromatic rings. The molecule has 0 saturated carbocycles. The van der Waals surface area contributed by atoms with Crippen molar-refractivity contribution >= 4 is 82.1 Å². The number of para-hydroxylation sites is 2. The monoisotopic (exact) mass is 914 g/mol. The number of nitrogens with zero attached hydrogens (tertiary/aromatic N) is 4. The number of hydrogen-bond acceptors (Lipinski definition) is 4. The fourth-order valence-corrected chi connectivity index (χ4v) is 16.3. The summed E-state index contributed by atoms with van der Waals surface area (Å²) in [6, 6.07) is 92.0. The number of fused-ring (bicyclic) bond motifs is 6. The van der Waals surface area contributed by atoms with Crippen LogP contribution in [0.1, 0.15) is 0 Å². The molecule has 3 heterocycles. The summed E-state index contributed by atoms with van der Waals surface area (Å²) in [5, 5.41) is 10.2. The van der Waals surface area contributed by atoms with Gasteiger partial charge in [-0.1, -0.05) is 212 Å². The molecule has 13 rings (SSSR count). The van der Waals surface area contributed by atoms with Crippen LogP contribution in [-0.2, 0) is 0 Å². The second kappa shape index (κ2) is 17.0. The Bertz CT molecular complexity index is 3860. The average molecular weight is 915 g/mol. The summed E-state index contributed by atoms with van der Waals surface area (Å²) in [6.07, 6.45) is 0. The van der Waals surface area contributed by atoms with E-state index < -0.39 is 8.07 Å². The number of thiophene rings is 1. The molecular formula is C63H42N4SSi. The standard InChI is InChI=1S/C63H42N4SSi/c1-4-21-47(22-5-1)69(48-23-6-2-7-24-48,49-25-8-3-9-26-49)50-38-35-43(36-39-50)61-64-62(45-19-18-20-46(41-45)67-57-32-15-12-28-52(57)53-29-13-16-33-58(53)67)66-63(65-61)55-31-11-10-27-51(55)44-37-40-60-56(42-44)54-30-14-17-34-59(54)68-60/h1-42H. The average Bonchev–Trinajstić information content (AvgIpc) is 3.98. The minimum atomic E-state index is -2.75. The fourth-order valence-electron chi connectivity index (χ4n) is 10.5. The molecule has 0 fully saturated rings. The highest BCUT2D eigenvalue weighted by atomic mass is 32.1. The van der Waals surface area contributed by atoms with E-state index in [1.165, 1.54) is 51.7 Å². The van der Waals surface area contributed by atoms with Crippen LogP contribution in [0.25, 0.3) is 93.0 Å². The second-order valence-electron chi connectivity index (χ2n) is 17.5. The van der Waals surface area contributed by atoms with Crippen molar-refractivity contribution in [3.05, 3.63) is 255 Å². The third-order valence-corrected chi connectivity index (χ3v) is 19.6. The molecule has 0 aliphatic carbocycles. The van der Waals surface area contributed by atoms with Crippen LogP contribution in [0.2, 0.25) is 0 Å². The highest BCUT2D eigenvalue weighted by Crippen LogP contribution is 2.39. The minimum absolute atomic E-state index is 0.609. The lowest BCUT2D eigenvalue weighted by molar-refractivity contribution is 1.07. The Morgan fingerprint density at radius 3 is 1.42 bits per heavy atom. The lowest BCUT2D eigenvalue weighted by Gasteiger charge is -2.34. The number of hydrogen-bond donors (Lipinski definition) is 0. The van der Waals surface area contributed by atoms with Crippen molar-refractivity contribution in [2.24, 2.45) is 0 Å². The Labute approximate surface area is 405 Å². The first kappa shape index (κ1) is 40.7. The summed E-state index contributed by atoms with van der Waals surface area (Å²) in [6.45, 7) is 0. The van der Waals surface area contributed by atoms with Crippen LogP contribution in [0, 0.1) is 0 Å². The van der Waals surface area contributed by atoms with Gasteiger partial charge in [0.1, 0.15) is 0 Å². The first-order chi connectivity index (χ1) is 34.2. The molecule has 0 aliphatic rings. The molecule has 0 unspecified atom stereocenters. The van der Waals surface area contributed by atoms with Gasteiger partial charge in [0.25, 0.3) is 0 Å². The third kappa shape index (κ3) is 6.91. The lowest BCUT2D eigenvalue weighted by atomic mass is 9.97. The molecule has 0 amide bonds. The Kier molecular flexibility index (Phi) is 10.00. The van der Waals surface area contributed by atoms with Crippen molar-refractivity contribution in [2.45, 2.75) is 0 Å². The number of aromatic nitrogens is 4. The van der Waals surface area contributed by atoms with E-state index in [1.807, 2.05) is 11.3 Å². The molecule has 10 aromatic carbocycles. The Hall–Kier alpha value is -8.55. The zero-order valence-electron chi connectivity index (χ0n) is 37.4. The molecule has 0 bridgehead atoms. The first-order valence-electron chi connectivity index (χ1n) is 23.3. The lowest BCUT2D eigenvalue weighted by Crippen LogP contribution is -2.74. The molecule has 0 aliphatic heterocycles. The van der Waals surface area contributed by atoms with Gasteiger partial charge in [-0.15, -0.1) is 11.3 Å². The maximum absolute atomic E-state index is 5.39. The molecule has 324 valence electrons.